The van der Waals surface area contributed by atoms with E-state index < -0.39 is 0 Å². The Morgan fingerprint density at radius 2 is 1.85 bits per heavy atom. The van der Waals surface area contributed by atoms with Crippen LogP contribution in [0.1, 0.15) is 36.8 Å². The van der Waals surface area contributed by atoms with Gasteiger partial charge in [0.05, 0.1) is 17.7 Å². The standard InChI is InChI=1S/C28H30N4O2/c1-3-34-25-9-4-18(2)16-23(25)24-17-21-12-15-30-28(33)26(21)27(32-24)31-22-7-5-19(6-8-22)20-10-13-29-14-11-20/h4-9,12,15-17,20,29H,3,10-11,13-14H2,1-2H3,(H,30,33)(H,31,32). The second-order valence-electron chi connectivity index (χ2n) is 8.83. The lowest BCUT2D eigenvalue weighted by atomic mass is 9.90. The predicted molar refractivity (Wildman–Crippen MR) is 138 cm³/mol. The molecule has 34 heavy (non-hydrogen) atoms. The Hall–Kier alpha value is -3.64. The number of fused-ring (bicyclic) bond motifs is 1. The second kappa shape index (κ2) is 9.69. The number of H-pyrrole nitrogens is 1. The van der Waals surface area contributed by atoms with Crippen molar-refractivity contribution in [1.82, 2.24) is 15.3 Å². The summed E-state index contributed by atoms with van der Waals surface area (Å²) in [7, 11) is 0. The first kappa shape index (κ1) is 22.2. The fourth-order valence-corrected chi connectivity index (χ4v) is 4.70. The maximum atomic E-state index is 12.8. The van der Waals surface area contributed by atoms with Gasteiger partial charge in [-0.2, -0.15) is 0 Å². The Kier molecular flexibility index (Phi) is 6.32. The van der Waals surface area contributed by atoms with Crippen LogP contribution in [0.2, 0.25) is 0 Å². The van der Waals surface area contributed by atoms with Gasteiger partial charge in [0.25, 0.3) is 5.56 Å². The molecule has 0 spiro atoms. The molecule has 6 nitrogen and oxygen atoms in total. The summed E-state index contributed by atoms with van der Waals surface area (Å²) >= 11 is 0. The van der Waals surface area contributed by atoms with Gasteiger partial charge < -0.3 is 20.4 Å². The Morgan fingerprint density at radius 3 is 2.62 bits per heavy atom. The predicted octanol–water partition coefficient (Wildman–Crippen LogP) is 5.51. The molecule has 0 unspecified atom stereocenters. The van der Waals surface area contributed by atoms with Gasteiger partial charge in [0.15, 0.2) is 0 Å². The topological polar surface area (TPSA) is 79.0 Å². The van der Waals surface area contributed by atoms with Crippen LogP contribution in [0.5, 0.6) is 5.75 Å². The molecule has 0 amide bonds. The molecule has 5 rings (SSSR count). The van der Waals surface area contributed by atoms with Crippen LogP contribution in [-0.4, -0.2) is 29.7 Å². The lowest BCUT2D eigenvalue weighted by Crippen LogP contribution is -2.26. The highest BCUT2D eigenvalue weighted by molar-refractivity contribution is 5.95. The molecule has 2 aromatic heterocycles. The molecule has 0 bridgehead atoms. The van der Waals surface area contributed by atoms with Gasteiger partial charge >= 0.3 is 0 Å². The van der Waals surface area contributed by atoms with E-state index in [1.807, 2.05) is 38.1 Å². The van der Waals surface area contributed by atoms with Crippen LogP contribution in [0.25, 0.3) is 22.0 Å². The van der Waals surface area contributed by atoms with E-state index >= 15 is 0 Å². The van der Waals surface area contributed by atoms with Crippen molar-refractivity contribution in [3.8, 4) is 17.0 Å². The quantitative estimate of drug-likeness (QED) is 0.358. The van der Waals surface area contributed by atoms with Crippen molar-refractivity contribution in [2.75, 3.05) is 25.0 Å². The Morgan fingerprint density at radius 1 is 1.06 bits per heavy atom. The molecule has 3 heterocycles. The van der Waals surface area contributed by atoms with E-state index in [2.05, 4.69) is 45.9 Å². The number of rotatable bonds is 6. The molecule has 0 radical (unpaired) electrons. The first-order valence-corrected chi connectivity index (χ1v) is 12.0. The van der Waals surface area contributed by atoms with Crippen molar-refractivity contribution in [2.24, 2.45) is 0 Å². The third kappa shape index (κ3) is 4.54. The number of piperidine rings is 1. The average molecular weight is 455 g/mol. The first-order chi connectivity index (χ1) is 16.6. The number of nitrogens with one attached hydrogen (secondary N) is 3. The zero-order valence-electron chi connectivity index (χ0n) is 19.7. The number of hydrogen-bond donors (Lipinski definition) is 3. The highest BCUT2D eigenvalue weighted by Crippen LogP contribution is 2.34. The lowest BCUT2D eigenvalue weighted by Gasteiger charge is -2.23. The van der Waals surface area contributed by atoms with Crippen LogP contribution in [0.4, 0.5) is 11.5 Å². The van der Waals surface area contributed by atoms with Crippen LogP contribution < -0.4 is 20.9 Å². The Bertz CT molecular complexity index is 1360. The number of hydrogen-bond acceptors (Lipinski definition) is 5. The number of aryl methyl sites for hydroxylation is 1. The molecule has 6 heteroatoms. The van der Waals surface area contributed by atoms with E-state index in [9.17, 15) is 4.79 Å². The second-order valence-corrected chi connectivity index (χ2v) is 8.83. The summed E-state index contributed by atoms with van der Waals surface area (Å²) in [6.45, 7) is 6.72. The molecule has 0 saturated carbocycles. The fourth-order valence-electron chi connectivity index (χ4n) is 4.70. The number of benzene rings is 2. The van der Waals surface area contributed by atoms with Crippen molar-refractivity contribution >= 4 is 22.3 Å². The van der Waals surface area contributed by atoms with Gasteiger partial charge in [0, 0.05) is 17.4 Å². The zero-order chi connectivity index (χ0) is 23.5. The first-order valence-electron chi connectivity index (χ1n) is 12.0. The third-order valence-corrected chi connectivity index (χ3v) is 6.45. The fraction of sp³-hybridized carbons (Fsp3) is 0.286. The molecule has 1 aliphatic rings. The minimum Gasteiger partial charge on any atom is -0.493 e. The smallest absolute Gasteiger partial charge is 0.259 e. The molecule has 0 aliphatic carbocycles. The molecule has 1 saturated heterocycles. The van der Waals surface area contributed by atoms with Crippen LogP contribution >= 0.6 is 0 Å². The van der Waals surface area contributed by atoms with E-state index in [0.29, 0.717) is 23.7 Å². The maximum Gasteiger partial charge on any atom is 0.259 e. The number of anilines is 2. The summed E-state index contributed by atoms with van der Waals surface area (Å²) in [5, 5.41) is 8.20. The molecule has 174 valence electrons. The van der Waals surface area contributed by atoms with Crippen molar-refractivity contribution in [2.45, 2.75) is 32.6 Å². The van der Waals surface area contributed by atoms with Crippen molar-refractivity contribution < 1.29 is 4.74 Å². The van der Waals surface area contributed by atoms with E-state index in [0.717, 1.165) is 59.6 Å². The van der Waals surface area contributed by atoms with E-state index in [1.165, 1.54) is 5.56 Å². The van der Waals surface area contributed by atoms with Crippen LogP contribution in [0.15, 0.2) is 65.6 Å². The van der Waals surface area contributed by atoms with Crippen molar-refractivity contribution in [1.29, 1.82) is 0 Å². The molecule has 1 aliphatic heterocycles. The van der Waals surface area contributed by atoms with Crippen LogP contribution in [0.3, 0.4) is 0 Å². The summed E-state index contributed by atoms with van der Waals surface area (Å²) in [5.41, 5.74) is 4.89. The number of aromatic amines is 1. The number of nitrogens with zero attached hydrogens (tertiary/aromatic N) is 1. The normalized spacial score (nSPS) is 14.3. The van der Waals surface area contributed by atoms with Gasteiger partial charge in [-0.3, -0.25) is 4.79 Å². The largest absolute Gasteiger partial charge is 0.493 e. The summed E-state index contributed by atoms with van der Waals surface area (Å²) in [4.78, 5) is 20.4. The third-order valence-electron chi connectivity index (χ3n) is 6.45. The monoisotopic (exact) mass is 454 g/mol. The van der Waals surface area contributed by atoms with E-state index in [-0.39, 0.29) is 5.56 Å². The average Bonchev–Trinajstić information content (AvgIpc) is 2.86. The summed E-state index contributed by atoms with van der Waals surface area (Å²) in [5.74, 6) is 1.91. The highest BCUT2D eigenvalue weighted by Gasteiger charge is 2.17. The molecule has 0 atom stereocenters. The molecular weight excluding hydrogens is 424 g/mol. The lowest BCUT2D eigenvalue weighted by molar-refractivity contribution is 0.341. The van der Waals surface area contributed by atoms with Gasteiger partial charge in [0.2, 0.25) is 0 Å². The van der Waals surface area contributed by atoms with Gasteiger partial charge in [-0.15, -0.1) is 0 Å². The Labute approximate surface area is 199 Å². The van der Waals surface area contributed by atoms with Gasteiger partial charge in [0.1, 0.15) is 11.6 Å². The minimum absolute atomic E-state index is 0.167. The Balaban J connectivity index is 1.56. The van der Waals surface area contributed by atoms with E-state index in [4.69, 9.17) is 9.72 Å². The number of pyridine rings is 2. The van der Waals surface area contributed by atoms with Crippen molar-refractivity contribution in [3.05, 3.63) is 82.3 Å². The highest BCUT2D eigenvalue weighted by atomic mass is 16.5. The van der Waals surface area contributed by atoms with Crippen LogP contribution in [0, 0.1) is 6.92 Å². The summed E-state index contributed by atoms with van der Waals surface area (Å²) in [6.07, 6.45) is 4.00. The van der Waals surface area contributed by atoms with Crippen molar-refractivity contribution in [3.63, 3.8) is 0 Å². The van der Waals surface area contributed by atoms with Gasteiger partial charge in [-0.05, 0) is 93.0 Å². The molecule has 2 aromatic carbocycles. The van der Waals surface area contributed by atoms with Crippen LogP contribution in [-0.2, 0) is 0 Å². The maximum absolute atomic E-state index is 12.8. The minimum atomic E-state index is -0.167. The molecule has 3 N–H and O–H groups in total. The zero-order valence-corrected chi connectivity index (χ0v) is 19.7. The van der Waals surface area contributed by atoms with Gasteiger partial charge in [-0.1, -0.05) is 23.8 Å². The molecule has 4 aromatic rings. The molecular formula is C28H30N4O2. The summed E-state index contributed by atoms with van der Waals surface area (Å²) in [6, 6.07) is 18.5. The van der Waals surface area contributed by atoms with E-state index in [1.54, 1.807) is 6.20 Å². The number of aromatic nitrogens is 2. The van der Waals surface area contributed by atoms with Gasteiger partial charge in [-0.25, -0.2) is 4.98 Å². The SMILES string of the molecule is CCOc1ccc(C)cc1-c1cc2cc[nH]c(=O)c2c(Nc2ccc(C3CCNCC3)cc2)n1. The number of ether oxygens (including phenoxy) is 1. The molecule has 1 fully saturated rings. The summed E-state index contributed by atoms with van der Waals surface area (Å²) < 4.78 is 5.88.